The van der Waals surface area contributed by atoms with Gasteiger partial charge in [-0.05, 0) is 44.0 Å². The molecule has 1 heterocycles. The Morgan fingerprint density at radius 1 is 1.07 bits per heavy atom. The maximum atomic E-state index is 12.9. The monoisotopic (exact) mass is 456 g/mol. The van der Waals surface area contributed by atoms with Crippen LogP contribution in [0, 0.1) is 13.8 Å². The van der Waals surface area contributed by atoms with E-state index in [0.717, 1.165) is 46.7 Å². The van der Waals surface area contributed by atoms with Crippen molar-refractivity contribution in [3.8, 4) is 5.75 Å². The fourth-order valence-electron chi connectivity index (χ4n) is 4.20. The average molecular weight is 456 g/mol. The van der Waals surface area contributed by atoms with Gasteiger partial charge in [0, 0.05) is 56.8 Å². The van der Waals surface area contributed by atoms with Crippen molar-refractivity contribution in [3.63, 3.8) is 0 Å². The van der Waals surface area contributed by atoms with Crippen molar-refractivity contribution in [2.24, 2.45) is 0 Å². The van der Waals surface area contributed by atoms with Gasteiger partial charge in [0.05, 0.1) is 19.7 Å². The molecular weight excluding hydrogens is 425 g/mol. The van der Waals surface area contributed by atoms with Crippen LogP contribution in [0.2, 0.25) is 0 Å². The third-order valence-corrected chi connectivity index (χ3v) is 5.44. The molecule has 1 saturated heterocycles. The van der Waals surface area contributed by atoms with E-state index in [1.165, 1.54) is 18.4 Å². The van der Waals surface area contributed by atoms with Gasteiger partial charge in [0.25, 0.3) is 5.91 Å². The molecule has 4 nitrogen and oxygen atoms in total. The van der Waals surface area contributed by atoms with Crippen LogP contribution in [0.3, 0.4) is 0 Å². The van der Waals surface area contributed by atoms with Gasteiger partial charge < -0.3 is 14.5 Å². The molecule has 1 N–H and O–H groups in total. The van der Waals surface area contributed by atoms with Crippen molar-refractivity contribution in [2.75, 3.05) is 31.6 Å². The molecule has 0 unspecified atom stereocenters. The molecule has 1 aliphatic rings. The first kappa shape index (κ1) is 23.1. The summed E-state index contributed by atoms with van der Waals surface area (Å²) >= 11 is 0. The number of anilines is 1. The van der Waals surface area contributed by atoms with E-state index in [2.05, 4.69) is 29.6 Å². The molecule has 3 rings (SSSR count). The van der Waals surface area contributed by atoms with Crippen LogP contribution in [-0.4, -0.2) is 36.6 Å². The van der Waals surface area contributed by atoms with Crippen LogP contribution in [0.1, 0.15) is 36.5 Å². The summed E-state index contributed by atoms with van der Waals surface area (Å²) in [4.78, 5) is 12.9. The van der Waals surface area contributed by atoms with E-state index in [-0.39, 0.29) is 38.6 Å². The van der Waals surface area contributed by atoms with E-state index in [4.69, 9.17) is 4.74 Å². The van der Waals surface area contributed by atoms with Crippen LogP contribution in [0.25, 0.3) is 0 Å². The van der Waals surface area contributed by atoms with Crippen LogP contribution in [0.15, 0.2) is 42.5 Å². The fourth-order valence-corrected chi connectivity index (χ4v) is 4.20. The van der Waals surface area contributed by atoms with Gasteiger partial charge in [-0.1, -0.05) is 30.3 Å². The second-order valence-electron chi connectivity index (χ2n) is 7.71. The molecule has 2 aromatic rings. The van der Waals surface area contributed by atoms with Crippen LogP contribution in [0.4, 0.5) is 5.69 Å². The molecule has 1 amide bonds. The number of likely N-dealkylation sites (tertiary alicyclic amines) is 1. The Bertz CT molecular complexity index is 763. The summed E-state index contributed by atoms with van der Waals surface area (Å²) in [5, 5.41) is 3.18. The molecule has 2 aromatic carbocycles. The van der Waals surface area contributed by atoms with E-state index in [1.807, 2.05) is 39.0 Å². The van der Waals surface area contributed by atoms with Crippen molar-refractivity contribution >= 4 is 11.6 Å². The molecule has 28 heavy (non-hydrogen) atoms. The Morgan fingerprint density at radius 3 is 2.25 bits per heavy atom. The quantitative estimate of drug-likeness (QED) is 0.626. The number of carbonyl (C=O) groups excluding carboxylic acids is 1. The number of nitrogens with one attached hydrogen (secondary N) is 1. The number of carbonyl (C=O) groups is 1. The zero-order valence-electron chi connectivity index (χ0n) is 17.3. The first-order valence-corrected chi connectivity index (χ1v) is 9.94. The van der Waals surface area contributed by atoms with Crippen molar-refractivity contribution in [1.29, 1.82) is 0 Å². The Balaban J connectivity index is 0.00000280. The number of benzene rings is 2. The molecule has 1 fully saturated rings. The first-order valence-electron chi connectivity index (χ1n) is 9.94. The Morgan fingerprint density at radius 2 is 1.68 bits per heavy atom. The molecule has 0 atom stereocenters. The predicted octanol–water partition coefficient (Wildman–Crippen LogP) is 4.45. The average Bonchev–Trinajstić information content (AvgIpc) is 3.07. The summed E-state index contributed by atoms with van der Waals surface area (Å²) in [5.41, 5.74) is 4.31. The standard InChI is InChI=1S/C23H30N2O2.Y/c1-4-27-21-14-18(2)23(19(3)15-21)24-22(26)17-25(12-8-9-13-25)16-20-10-6-5-7-11-20;/h5-7,10-11,14-15H,4,8-9,12-13,16-17H2,1-3H3;/p+1. The summed E-state index contributed by atoms with van der Waals surface area (Å²) in [6.07, 6.45) is 2.39. The largest absolute Gasteiger partial charge is 0.494 e. The van der Waals surface area contributed by atoms with Gasteiger partial charge in [0.1, 0.15) is 12.3 Å². The third kappa shape index (κ3) is 5.89. The molecule has 5 heteroatoms. The van der Waals surface area contributed by atoms with Crippen molar-refractivity contribution in [3.05, 3.63) is 59.2 Å². The summed E-state index contributed by atoms with van der Waals surface area (Å²) in [5.74, 6) is 0.959. The molecule has 1 radical (unpaired) electrons. The molecule has 0 bridgehead atoms. The van der Waals surface area contributed by atoms with Gasteiger partial charge >= 0.3 is 0 Å². The normalized spacial score (nSPS) is 15.0. The van der Waals surface area contributed by atoms with Crippen LogP contribution in [-0.2, 0) is 44.0 Å². The van der Waals surface area contributed by atoms with Crippen molar-refractivity contribution in [2.45, 2.75) is 40.2 Å². The van der Waals surface area contributed by atoms with Gasteiger partial charge in [-0.15, -0.1) is 0 Å². The van der Waals surface area contributed by atoms with Crippen LogP contribution < -0.4 is 10.1 Å². The van der Waals surface area contributed by atoms with Gasteiger partial charge in [-0.2, -0.15) is 0 Å². The Hall–Kier alpha value is -1.23. The number of rotatable bonds is 7. The van der Waals surface area contributed by atoms with E-state index in [1.54, 1.807) is 0 Å². The maximum absolute atomic E-state index is 12.9. The fraction of sp³-hybridized carbons (Fsp3) is 0.435. The second kappa shape index (κ2) is 10.5. The van der Waals surface area contributed by atoms with E-state index in [9.17, 15) is 4.79 Å². The Labute approximate surface area is 194 Å². The summed E-state index contributed by atoms with van der Waals surface area (Å²) in [6, 6.07) is 14.5. The van der Waals surface area contributed by atoms with Gasteiger partial charge in [-0.25, -0.2) is 0 Å². The van der Waals surface area contributed by atoms with Crippen molar-refractivity contribution in [1.82, 2.24) is 0 Å². The maximum Gasteiger partial charge on any atom is 0.279 e. The van der Waals surface area contributed by atoms with E-state index < -0.39 is 0 Å². The smallest absolute Gasteiger partial charge is 0.279 e. The SMILES string of the molecule is CCOc1cc(C)c(NC(=O)C[N+]2(Cc3ccccc3)CCCC2)c(C)c1.[Y]. The van der Waals surface area contributed by atoms with Gasteiger partial charge in [0.15, 0.2) is 6.54 Å². The minimum Gasteiger partial charge on any atom is -0.494 e. The molecule has 0 saturated carbocycles. The number of ether oxygens (including phenoxy) is 1. The number of hydrogen-bond donors (Lipinski definition) is 1. The predicted molar refractivity (Wildman–Crippen MR) is 110 cm³/mol. The number of quaternary nitrogens is 1. The molecular formula is C23H31N2O2Y+. The minimum absolute atomic E-state index is 0. The van der Waals surface area contributed by atoms with Gasteiger partial charge in [0.2, 0.25) is 0 Å². The summed E-state index contributed by atoms with van der Waals surface area (Å²) < 4.78 is 6.45. The summed E-state index contributed by atoms with van der Waals surface area (Å²) in [6.45, 7) is 10.3. The topological polar surface area (TPSA) is 38.3 Å². The molecule has 0 aliphatic carbocycles. The number of amides is 1. The zero-order valence-corrected chi connectivity index (χ0v) is 20.2. The zero-order chi connectivity index (χ0) is 19.3. The molecule has 0 aromatic heterocycles. The number of aryl methyl sites for hydroxylation is 2. The molecule has 0 spiro atoms. The van der Waals surface area contributed by atoms with Crippen LogP contribution in [0.5, 0.6) is 5.75 Å². The van der Waals surface area contributed by atoms with Crippen LogP contribution >= 0.6 is 0 Å². The molecule has 147 valence electrons. The second-order valence-corrected chi connectivity index (χ2v) is 7.71. The number of nitrogens with zero attached hydrogens (tertiary/aromatic N) is 1. The number of hydrogen-bond acceptors (Lipinski definition) is 2. The minimum atomic E-state index is 0. The Kier molecular flexibility index (Phi) is 8.66. The van der Waals surface area contributed by atoms with Crippen molar-refractivity contribution < 1.29 is 46.7 Å². The molecule has 1 aliphatic heterocycles. The van der Waals surface area contributed by atoms with E-state index >= 15 is 0 Å². The summed E-state index contributed by atoms with van der Waals surface area (Å²) in [7, 11) is 0. The van der Waals surface area contributed by atoms with E-state index in [0.29, 0.717) is 13.2 Å². The van der Waals surface area contributed by atoms with Gasteiger partial charge in [-0.3, -0.25) is 4.79 Å². The first-order chi connectivity index (χ1) is 13.0. The third-order valence-electron chi connectivity index (χ3n) is 5.44.